The molecule has 0 aromatic carbocycles. The van der Waals surface area contributed by atoms with Gasteiger partial charge in [-0.1, -0.05) is 6.92 Å². The highest BCUT2D eigenvalue weighted by molar-refractivity contribution is 5.86. The van der Waals surface area contributed by atoms with E-state index in [1.807, 2.05) is 0 Å². The van der Waals surface area contributed by atoms with Crippen molar-refractivity contribution in [2.45, 2.75) is 58.5 Å². The van der Waals surface area contributed by atoms with Crippen LogP contribution in [0.3, 0.4) is 0 Å². The molecule has 2 bridgehead atoms. The van der Waals surface area contributed by atoms with Gasteiger partial charge in [0.2, 0.25) is 0 Å². The highest BCUT2D eigenvalue weighted by Crippen LogP contribution is 2.77. The van der Waals surface area contributed by atoms with Gasteiger partial charge in [-0.3, -0.25) is 14.4 Å². The fourth-order valence-corrected chi connectivity index (χ4v) is 8.11. The summed E-state index contributed by atoms with van der Waals surface area (Å²) >= 11 is 0. The summed E-state index contributed by atoms with van der Waals surface area (Å²) in [5, 5.41) is 41.2. The number of carboxylic acid groups (broad SMARTS) is 3. The number of hydrogen-bond donors (Lipinski definition) is 4. The van der Waals surface area contributed by atoms with Gasteiger partial charge in [0, 0.05) is 5.92 Å². The summed E-state index contributed by atoms with van der Waals surface area (Å²) in [6, 6.07) is 0. The molecule has 4 rings (SSSR count). The highest BCUT2D eigenvalue weighted by Gasteiger charge is 2.80. The lowest BCUT2D eigenvalue weighted by Crippen LogP contribution is -2.60. The van der Waals surface area contributed by atoms with E-state index in [0.29, 0.717) is 31.1 Å². The molecule has 1 spiro atoms. The molecule has 0 saturated heterocycles. The maximum atomic E-state index is 12.7. The number of carboxylic acids is 3. The number of fused-ring (bicyclic) bond motifs is 3. The monoisotopic (exact) mass is 380 g/mol. The number of aliphatic hydroxyl groups is 1. The van der Waals surface area contributed by atoms with Gasteiger partial charge in [-0.15, -0.1) is 0 Å². The number of aliphatic carboxylic acids is 3. The lowest BCUT2D eigenvalue weighted by Gasteiger charge is -2.51. The summed E-state index contributed by atoms with van der Waals surface area (Å²) in [5.41, 5.74) is -3.87. The van der Waals surface area contributed by atoms with Crippen molar-refractivity contribution >= 4 is 17.9 Å². The fraction of sp³-hybridized carbons (Fsp3) is 0.850. The second-order valence-corrected chi connectivity index (χ2v) is 9.79. The zero-order valence-electron chi connectivity index (χ0n) is 15.7. The molecule has 0 aromatic heterocycles. The minimum Gasteiger partial charge on any atom is -0.481 e. The Morgan fingerprint density at radius 3 is 2.19 bits per heavy atom. The first-order valence-electron chi connectivity index (χ1n) is 9.91. The van der Waals surface area contributed by atoms with Crippen LogP contribution in [0.5, 0.6) is 0 Å². The molecule has 0 aromatic rings. The standard InChI is InChI=1S/C20H28O7/c1-9-7-19-8-10(9)3-4-11(19)20(17(26)27)6-5-12(21)18(2,16(24)25)14(20)13(19)15(22)23/h9-14,21H,3-8H2,1-2H3,(H,22,23)(H,24,25)(H,26,27). The van der Waals surface area contributed by atoms with E-state index in [1.165, 1.54) is 6.92 Å². The van der Waals surface area contributed by atoms with Crippen molar-refractivity contribution in [1.29, 1.82) is 0 Å². The van der Waals surface area contributed by atoms with Crippen molar-refractivity contribution in [1.82, 2.24) is 0 Å². The van der Waals surface area contributed by atoms with Gasteiger partial charge in [0.25, 0.3) is 0 Å². The first kappa shape index (κ1) is 18.7. The molecule has 4 aliphatic carbocycles. The van der Waals surface area contributed by atoms with Gasteiger partial charge in [0.15, 0.2) is 0 Å². The Morgan fingerprint density at radius 1 is 0.963 bits per heavy atom. The van der Waals surface area contributed by atoms with Gasteiger partial charge in [0.05, 0.1) is 22.9 Å². The molecule has 0 heterocycles. The zero-order valence-corrected chi connectivity index (χ0v) is 15.7. The fourth-order valence-electron chi connectivity index (χ4n) is 8.11. The molecule has 150 valence electrons. The number of carbonyl (C=O) groups is 3. The second kappa shape index (κ2) is 5.46. The van der Waals surface area contributed by atoms with Gasteiger partial charge in [-0.05, 0) is 68.6 Å². The number of hydrogen-bond acceptors (Lipinski definition) is 4. The maximum absolute atomic E-state index is 12.7. The van der Waals surface area contributed by atoms with Gasteiger partial charge in [-0.2, -0.15) is 0 Å². The van der Waals surface area contributed by atoms with Crippen molar-refractivity contribution < 1.29 is 34.8 Å². The van der Waals surface area contributed by atoms with E-state index in [4.69, 9.17) is 0 Å². The quantitative estimate of drug-likeness (QED) is 0.589. The van der Waals surface area contributed by atoms with Crippen LogP contribution in [-0.2, 0) is 14.4 Å². The lowest BCUT2D eigenvalue weighted by molar-refractivity contribution is -0.191. The van der Waals surface area contributed by atoms with Crippen LogP contribution in [0.15, 0.2) is 0 Å². The van der Waals surface area contributed by atoms with Crippen molar-refractivity contribution in [2.75, 3.05) is 0 Å². The largest absolute Gasteiger partial charge is 0.481 e. The SMILES string of the molecule is CC1CC23CC1CCC2C1(C(=O)O)CCC(O)C(C)(C(=O)O)C1C3C(=O)O. The molecule has 0 radical (unpaired) electrons. The Labute approximate surface area is 157 Å². The Morgan fingerprint density at radius 2 is 1.63 bits per heavy atom. The minimum atomic E-state index is -1.78. The molecular weight excluding hydrogens is 352 g/mol. The third kappa shape index (κ3) is 1.94. The summed E-state index contributed by atoms with van der Waals surface area (Å²) in [4.78, 5) is 37.5. The van der Waals surface area contributed by atoms with Crippen LogP contribution in [0.4, 0.5) is 0 Å². The molecular formula is C20H28O7. The van der Waals surface area contributed by atoms with E-state index >= 15 is 0 Å². The lowest BCUT2D eigenvalue weighted by atomic mass is 9.51. The molecule has 4 aliphatic rings. The summed E-state index contributed by atoms with van der Waals surface area (Å²) in [6.07, 6.45) is 1.77. The van der Waals surface area contributed by atoms with Crippen molar-refractivity contribution in [3.8, 4) is 0 Å². The summed E-state index contributed by atoms with van der Waals surface area (Å²) in [6.45, 7) is 3.46. The van der Waals surface area contributed by atoms with Crippen LogP contribution in [-0.4, -0.2) is 44.4 Å². The molecule has 0 aliphatic heterocycles. The third-order valence-corrected chi connectivity index (χ3v) is 9.09. The van der Waals surface area contributed by atoms with Crippen molar-refractivity contribution in [3.05, 3.63) is 0 Å². The molecule has 7 nitrogen and oxygen atoms in total. The number of aliphatic hydroxyl groups excluding tert-OH is 1. The molecule has 4 saturated carbocycles. The van der Waals surface area contributed by atoms with Crippen LogP contribution < -0.4 is 0 Å². The molecule has 4 N–H and O–H groups in total. The Balaban J connectivity index is 2.00. The van der Waals surface area contributed by atoms with E-state index in [9.17, 15) is 34.8 Å². The zero-order chi connectivity index (χ0) is 19.9. The van der Waals surface area contributed by atoms with Crippen LogP contribution in [0, 0.1) is 45.8 Å². The van der Waals surface area contributed by atoms with Crippen LogP contribution in [0.1, 0.15) is 52.4 Å². The minimum absolute atomic E-state index is 0.0729. The van der Waals surface area contributed by atoms with Gasteiger partial charge >= 0.3 is 17.9 Å². The topological polar surface area (TPSA) is 132 Å². The summed E-state index contributed by atoms with van der Waals surface area (Å²) in [5.74, 6) is -5.32. The van der Waals surface area contributed by atoms with Crippen LogP contribution in [0.2, 0.25) is 0 Å². The van der Waals surface area contributed by atoms with Crippen molar-refractivity contribution in [3.63, 3.8) is 0 Å². The second-order valence-electron chi connectivity index (χ2n) is 9.79. The van der Waals surface area contributed by atoms with Crippen LogP contribution >= 0.6 is 0 Å². The molecule has 9 atom stereocenters. The molecule has 4 fully saturated rings. The Hall–Kier alpha value is -1.63. The molecule has 27 heavy (non-hydrogen) atoms. The molecule has 0 amide bonds. The van der Waals surface area contributed by atoms with Crippen molar-refractivity contribution in [2.24, 2.45) is 45.8 Å². The molecule has 7 heteroatoms. The van der Waals surface area contributed by atoms with Gasteiger partial charge in [0.1, 0.15) is 0 Å². The smallest absolute Gasteiger partial charge is 0.312 e. The molecule has 9 unspecified atom stereocenters. The van der Waals surface area contributed by atoms with Crippen LogP contribution in [0.25, 0.3) is 0 Å². The van der Waals surface area contributed by atoms with E-state index in [1.54, 1.807) is 0 Å². The van der Waals surface area contributed by atoms with Gasteiger partial charge < -0.3 is 20.4 Å². The average Bonchev–Trinajstić information content (AvgIpc) is 2.99. The third-order valence-electron chi connectivity index (χ3n) is 9.09. The first-order valence-corrected chi connectivity index (χ1v) is 9.91. The van der Waals surface area contributed by atoms with E-state index in [-0.39, 0.29) is 18.8 Å². The first-order chi connectivity index (χ1) is 12.5. The maximum Gasteiger partial charge on any atom is 0.312 e. The van der Waals surface area contributed by atoms with E-state index < -0.39 is 52.1 Å². The normalized spacial score (nSPS) is 53.4. The predicted molar refractivity (Wildman–Crippen MR) is 92.7 cm³/mol. The summed E-state index contributed by atoms with van der Waals surface area (Å²) in [7, 11) is 0. The average molecular weight is 380 g/mol. The Kier molecular flexibility index (Phi) is 3.79. The summed E-state index contributed by atoms with van der Waals surface area (Å²) < 4.78 is 0. The van der Waals surface area contributed by atoms with E-state index in [0.717, 1.165) is 6.42 Å². The predicted octanol–water partition coefficient (Wildman–Crippen LogP) is 2.08. The highest BCUT2D eigenvalue weighted by atomic mass is 16.4. The van der Waals surface area contributed by atoms with E-state index in [2.05, 4.69) is 6.92 Å². The van der Waals surface area contributed by atoms with Gasteiger partial charge in [-0.25, -0.2) is 0 Å². The Bertz CT molecular complexity index is 715. The number of rotatable bonds is 3.